The van der Waals surface area contributed by atoms with Gasteiger partial charge in [0.05, 0.1) is 4.92 Å². The van der Waals surface area contributed by atoms with E-state index >= 15 is 0 Å². The summed E-state index contributed by atoms with van der Waals surface area (Å²) in [6.07, 6.45) is 0. The van der Waals surface area contributed by atoms with E-state index in [4.69, 9.17) is 34.8 Å². The number of nitro groups is 1. The number of imide groups is 1. The molecule has 1 N–H and O–H groups in total. The average Bonchev–Trinajstić information content (AvgIpc) is 2.44. The van der Waals surface area contributed by atoms with E-state index in [1.807, 2.05) is 0 Å². The molecule has 21 heavy (non-hydrogen) atoms. The molecule has 1 atom stereocenters. The standard InChI is InChI=1S/C11H10Cl3N3O4/c1-16(10(18)8(12)9(13)14)11(19)15-6-4-2-3-5-7(6)17(20)21/h2-5,8-9H,1H3,(H,15,19). The first-order chi connectivity index (χ1) is 9.75. The number of hydrogen-bond donors (Lipinski definition) is 1. The van der Waals surface area contributed by atoms with Gasteiger partial charge in [0.2, 0.25) is 0 Å². The Morgan fingerprint density at radius 1 is 1.29 bits per heavy atom. The molecule has 0 fully saturated rings. The maximum absolute atomic E-state index is 11.9. The number of hydrogen-bond acceptors (Lipinski definition) is 4. The van der Waals surface area contributed by atoms with E-state index in [0.717, 1.165) is 7.05 Å². The summed E-state index contributed by atoms with van der Waals surface area (Å²) in [7, 11) is 1.15. The molecule has 0 aliphatic rings. The van der Waals surface area contributed by atoms with Crippen LogP contribution in [0.4, 0.5) is 16.2 Å². The molecule has 0 aromatic heterocycles. The lowest BCUT2D eigenvalue weighted by molar-refractivity contribution is -0.383. The van der Waals surface area contributed by atoms with Gasteiger partial charge >= 0.3 is 6.03 Å². The summed E-state index contributed by atoms with van der Waals surface area (Å²) in [6, 6.07) is 4.60. The van der Waals surface area contributed by atoms with Gasteiger partial charge in [0.1, 0.15) is 15.9 Å². The fraction of sp³-hybridized carbons (Fsp3) is 0.273. The highest BCUT2D eigenvalue weighted by atomic mass is 35.5. The zero-order chi connectivity index (χ0) is 16.2. The number of alkyl halides is 3. The van der Waals surface area contributed by atoms with Crippen LogP contribution in [0.3, 0.4) is 0 Å². The van der Waals surface area contributed by atoms with Crippen LogP contribution >= 0.6 is 34.8 Å². The average molecular weight is 355 g/mol. The Hall–Kier alpha value is -1.57. The van der Waals surface area contributed by atoms with E-state index < -0.39 is 27.1 Å². The van der Waals surface area contributed by atoms with Crippen LogP contribution in [0, 0.1) is 10.1 Å². The second-order valence-corrected chi connectivity index (χ2v) is 5.47. The molecular formula is C11H10Cl3N3O4. The molecule has 0 heterocycles. The molecule has 0 saturated carbocycles. The normalized spacial score (nSPS) is 11.9. The summed E-state index contributed by atoms with van der Waals surface area (Å²) < 4.78 is 0. The lowest BCUT2D eigenvalue weighted by atomic mass is 10.2. The van der Waals surface area contributed by atoms with Crippen LogP contribution in [-0.2, 0) is 4.79 Å². The number of nitrogens with zero attached hydrogens (tertiary/aromatic N) is 2. The topological polar surface area (TPSA) is 92.6 Å². The van der Waals surface area contributed by atoms with Crippen LogP contribution in [0.5, 0.6) is 0 Å². The largest absolute Gasteiger partial charge is 0.328 e. The molecule has 0 radical (unpaired) electrons. The number of para-hydroxylation sites is 2. The highest BCUT2D eigenvalue weighted by Gasteiger charge is 2.29. The Labute approximate surface area is 134 Å². The first-order valence-electron chi connectivity index (χ1n) is 5.50. The number of anilines is 1. The van der Waals surface area contributed by atoms with Crippen LogP contribution in [0.1, 0.15) is 0 Å². The lowest BCUT2D eigenvalue weighted by Gasteiger charge is -2.19. The first-order valence-corrected chi connectivity index (χ1v) is 6.80. The predicted octanol–water partition coefficient (Wildman–Crippen LogP) is 3.00. The van der Waals surface area contributed by atoms with Crippen molar-refractivity contribution < 1.29 is 14.5 Å². The molecule has 1 rings (SSSR count). The second kappa shape index (κ2) is 7.44. The van der Waals surface area contributed by atoms with Gasteiger partial charge in [-0.3, -0.25) is 19.8 Å². The minimum Gasteiger partial charge on any atom is -0.301 e. The molecule has 0 aliphatic carbocycles. The predicted molar refractivity (Wildman–Crippen MR) is 80.0 cm³/mol. The van der Waals surface area contributed by atoms with Gasteiger partial charge in [-0.25, -0.2) is 4.79 Å². The Morgan fingerprint density at radius 3 is 2.38 bits per heavy atom. The van der Waals surface area contributed by atoms with Crippen molar-refractivity contribution >= 4 is 58.1 Å². The Morgan fingerprint density at radius 2 is 1.86 bits per heavy atom. The van der Waals surface area contributed by atoms with Gasteiger partial charge in [0.25, 0.3) is 11.6 Å². The third-order valence-electron chi connectivity index (χ3n) is 2.43. The zero-order valence-corrected chi connectivity index (χ0v) is 12.9. The summed E-state index contributed by atoms with van der Waals surface area (Å²) in [5, 5.41) is 11.8. The van der Waals surface area contributed by atoms with Crippen LogP contribution in [-0.4, -0.2) is 39.0 Å². The number of urea groups is 1. The van der Waals surface area contributed by atoms with E-state index in [-0.39, 0.29) is 11.4 Å². The van der Waals surface area contributed by atoms with Gasteiger partial charge < -0.3 is 5.32 Å². The smallest absolute Gasteiger partial charge is 0.301 e. The highest BCUT2D eigenvalue weighted by molar-refractivity contribution is 6.51. The lowest BCUT2D eigenvalue weighted by Crippen LogP contribution is -2.42. The Kier molecular flexibility index (Phi) is 6.19. The Balaban J connectivity index is 2.87. The van der Waals surface area contributed by atoms with Crippen molar-refractivity contribution in [2.75, 3.05) is 12.4 Å². The quantitative estimate of drug-likeness (QED) is 0.511. The second-order valence-electron chi connectivity index (χ2n) is 3.84. The minimum atomic E-state index is -1.31. The molecule has 0 spiro atoms. The van der Waals surface area contributed by atoms with E-state index in [1.54, 1.807) is 0 Å². The summed E-state index contributed by atoms with van der Waals surface area (Å²) in [4.78, 5) is 33.3. The van der Waals surface area contributed by atoms with E-state index in [9.17, 15) is 19.7 Å². The van der Waals surface area contributed by atoms with Crippen LogP contribution < -0.4 is 5.32 Å². The maximum atomic E-state index is 11.9. The maximum Gasteiger partial charge on any atom is 0.328 e. The van der Waals surface area contributed by atoms with Gasteiger partial charge in [0.15, 0.2) is 0 Å². The number of amides is 3. The minimum absolute atomic E-state index is 0.0495. The molecule has 10 heteroatoms. The van der Waals surface area contributed by atoms with Gasteiger partial charge in [-0.05, 0) is 6.07 Å². The number of carbonyl (C=O) groups is 2. The molecular weight excluding hydrogens is 344 g/mol. The van der Waals surface area contributed by atoms with Crippen molar-refractivity contribution in [3.8, 4) is 0 Å². The van der Waals surface area contributed by atoms with E-state index in [0.29, 0.717) is 4.90 Å². The molecule has 1 aromatic rings. The van der Waals surface area contributed by atoms with E-state index in [2.05, 4.69) is 5.32 Å². The van der Waals surface area contributed by atoms with Crippen molar-refractivity contribution in [1.29, 1.82) is 0 Å². The molecule has 114 valence electrons. The number of rotatable bonds is 4. The summed E-state index contributed by atoms with van der Waals surface area (Å²) in [5.41, 5.74) is -0.353. The molecule has 3 amide bonds. The highest BCUT2D eigenvalue weighted by Crippen LogP contribution is 2.24. The third kappa shape index (κ3) is 4.45. The third-order valence-corrected chi connectivity index (χ3v) is 3.64. The van der Waals surface area contributed by atoms with Gasteiger partial charge in [-0.15, -0.1) is 34.8 Å². The summed E-state index contributed by atoms with van der Waals surface area (Å²) >= 11 is 16.6. The van der Waals surface area contributed by atoms with Crippen molar-refractivity contribution in [3.05, 3.63) is 34.4 Å². The monoisotopic (exact) mass is 353 g/mol. The van der Waals surface area contributed by atoms with Crippen molar-refractivity contribution in [2.45, 2.75) is 10.2 Å². The number of nitrogens with one attached hydrogen (secondary N) is 1. The molecule has 0 saturated heterocycles. The number of halogens is 3. The van der Waals surface area contributed by atoms with Crippen molar-refractivity contribution in [1.82, 2.24) is 4.90 Å². The zero-order valence-electron chi connectivity index (χ0n) is 10.6. The molecule has 7 nitrogen and oxygen atoms in total. The number of carbonyl (C=O) groups excluding carboxylic acids is 2. The van der Waals surface area contributed by atoms with Crippen LogP contribution in [0.2, 0.25) is 0 Å². The van der Waals surface area contributed by atoms with E-state index in [1.165, 1.54) is 24.3 Å². The Bertz CT molecular complexity index is 567. The van der Waals surface area contributed by atoms with Crippen molar-refractivity contribution in [2.24, 2.45) is 0 Å². The number of nitro benzene ring substituents is 1. The molecule has 1 unspecified atom stereocenters. The van der Waals surface area contributed by atoms with Crippen LogP contribution in [0.25, 0.3) is 0 Å². The molecule has 1 aromatic carbocycles. The number of benzene rings is 1. The van der Waals surface area contributed by atoms with Crippen molar-refractivity contribution in [3.63, 3.8) is 0 Å². The SMILES string of the molecule is CN(C(=O)Nc1ccccc1[N+](=O)[O-])C(=O)C(Cl)C(Cl)Cl. The van der Waals surface area contributed by atoms with Gasteiger partial charge in [-0.2, -0.15) is 0 Å². The summed E-state index contributed by atoms with van der Waals surface area (Å²) in [5.74, 6) is -0.831. The fourth-order valence-electron chi connectivity index (χ4n) is 1.33. The van der Waals surface area contributed by atoms with Crippen LogP contribution in [0.15, 0.2) is 24.3 Å². The van der Waals surface area contributed by atoms with Gasteiger partial charge in [0, 0.05) is 13.1 Å². The molecule has 0 aliphatic heterocycles. The summed E-state index contributed by atoms with van der Waals surface area (Å²) in [6.45, 7) is 0. The first kappa shape index (κ1) is 17.5. The fourth-order valence-corrected chi connectivity index (χ4v) is 1.69. The molecule has 0 bridgehead atoms. The van der Waals surface area contributed by atoms with Gasteiger partial charge in [-0.1, -0.05) is 12.1 Å².